The Morgan fingerprint density at radius 3 is 2.84 bits per heavy atom. The van der Waals surface area contributed by atoms with E-state index in [4.69, 9.17) is 4.74 Å². The first-order valence-corrected chi connectivity index (χ1v) is 7.92. The molecule has 132 valence electrons. The zero-order valence-corrected chi connectivity index (χ0v) is 13.4. The number of hydrogen-bond acceptors (Lipinski definition) is 4. The van der Waals surface area contributed by atoms with Crippen molar-refractivity contribution in [1.29, 1.82) is 0 Å². The molecule has 2 N–H and O–H groups in total. The summed E-state index contributed by atoms with van der Waals surface area (Å²) >= 11 is 0. The highest BCUT2D eigenvalue weighted by atomic mass is 19.1. The fraction of sp³-hybridized carbons (Fsp3) is 0.278. The lowest BCUT2D eigenvalue weighted by molar-refractivity contribution is -0.116. The molecule has 2 aromatic rings. The standard InChI is InChI=1S/C18H18F2N2O3/c19-12-5-6-16-15(9-12)21-18(24)7-8-22(16)10-13(23)11-25-17-4-2-1-3-14(17)20/h1-6,9,13,23H,7-8,10-11H2,(H,21,24). The number of hydrogen-bond donors (Lipinski definition) is 2. The van der Waals surface area contributed by atoms with Crippen molar-refractivity contribution in [3.05, 3.63) is 54.1 Å². The van der Waals surface area contributed by atoms with Gasteiger partial charge < -0.3 is 20.1 Å². The average molecular weight is 348 g/mol. The van der Waals surface area contributed by atoms with E-state index in [0.717, 1.165) is 0 Å². The monoisotopic (exact) mass is 348 g/mol. The van der Waals surface area contributed by atoms with E-state index in [1.165, 1.54) is 24.3 Å². The number of rotatable bonds is 5. The predicted octanol–water partition coefficient (Wildman–Crippen LogP) is 2.55. The molecule has 3 rings (SSSR count). The highest BCUT2D eigenvalue weighted by molar-refractivity contribution is 5.96. The first-order chi connectivity index (χ1) is 12.0. The molecule has 5 nitrogen and oxygen atoms in total. The van der Waals surface area contributed by atoms with Crippen LogP contribution in [0, 0.1) is 11.6 Å². The molecule has 1 aliphatic heterocycles. The van der Waals surface area contributed by atoms with E-state index in [9.17, 15) is 18.7 Å². The Balaban J connectivity index is 1.67. The Labute approximate surface area is 143 Å². The number of carbonyl (C=O) groups excluding carboxylic acids is 1. The van der Waals surface area contributed by atoms with Gasteiger partial charge >= 0.3 is 0 Å². The summed E-state index contributed by atoms with van der Waals surface area (Å²) in [5.41, 5.74) is 0.988. The van der Waals surface area contributed by atoms with Gasteiger partial charge in [0.15, 0.2) is 11.6 Å². The molecule has 7 heteroatoms. The number of anilines is 2. The topological polar surface area (TPSA) is 61.8 Å². The van der Waals surface area contributed by atoms with E-state index < -0.39 is 17.7 Å². The van der Waals surface area contributed by atoms with Gasteiger partial charge in [-0.25, -0.2) is 8.78 Å². The molecule has 0 spiro atoms. The number of nitrogens with zero attached hydrogens (tertiary/aromatic N) is 1. The van der Waals surface area contributed by atoms with Gasteiger partial charge in [0.25, 0.3) is 0 Å². The van der Waals surface area contributed by atoms with Gasteiger partial charge in [0, 0.05) is 19.5 Å². The van der Waals surface area contributed by atoms with E-state index in [0.29, 0.717) is 17.9 Å². The van der Waals surface area contributed by atoms with Crippen molar-refractivity contribution in [2.24, 2.45) is 0 Å². The second-order valence-electron chi connectivity index (χ2n) is 5.80. The largest absolute Gasteiger partial charge is 0.488 e. The molecule has 1 heterocycles. The number of amides is 1. The minimum absolute atomic E-state index is 0.0664. The lowest BCUT2D eigenvalue weighted by Crippen LogP contribution is -2.36. The van der Waals surface area contributed by atoms with Crippen LogP contribution in [0.1, 0.15) is 6.42 Å². The smallest absolute Gasteiger partial charge is 0.226 e. The lowest BCUT2D eigenvalue weighted by Gasteiger charge is -2.26. The number of β-amino-alcohol motifs (C(OH)–C–C–N with tert-alkyl or cyclic N) is 1. The fourth-order valence-corrected chi connectivity index (χ4v) is 2.70. The van der Waals surface area contributed by atoms with Crippen molar-refractivity contribution in [1.82, 2.24) is 0 Å². The molecule has 0 aromatic heterocycles. The van der Waals surface area contributed by atoms with Crippen molar-refractivity contribution < 1.29 is 23.4 Å². The highest BCUT2D eigenvalue weighted by Gasteiger charge is 2.22. The summed E-state index contributed by atoms with van der Waals surface area (Å²) in [6, 6.07) is 10.0. The number of halogens is 2. The number of benzene rings is 2. The second kappa shape index (κ2) is 7.48. The summed E-state index contributed by atoms with van der Waals surface area (Å²) in [6.45, 7) is 0.443. The van der Waals surface area contributed by atoms with E-state index in [2.05, 4.69) is 5.32 Å². The van der Waals surface area contributed by atoms with Gasteiger partial charge in [-0.3, -0.25) is 4.79 Å². The molecule has 1 atom stereocenters. The van der Waals surface area contributed by atoms with Crippen LogP contribution in [0.2, 0.25) is 0 Å². The molecule has 0 aliphatic carbocycles. The maximum absolute atomic E-state index is 13.5. The predicted molar refractivity (Wildman–Crippen MR) is 89.8 cm³/mol. The van der Waals surface area contributed by atoms with Crippen molar-refractivity contribution in [3.8, 4) is 5.75 Å². The molecule has 0 fully saturated rings. The van der Waals surface area contributed by atoms with Crippen molar-refractivity contribution in [2.45, 2.75) is 12.5 Å². The van der Waals surface area contributed by atoms with E-state index >= 15 is 0 Å². The zero-order chi connectivity index (χ0) is 17.8. The number of fused-ring (bicyclic) bond motifs is 1. The maximum Gasteiger partial charge on any atom is 0.226 e. The second-order valence-corrected chi connectivity index (χ2v) is 5.80. The van der Waals surface area contributed by atoms with Crippen LogP contribution in [-0.4, -0.2) is 36.8 Å². The molecular formula is C18H18F2N2O3. The van der Waals surface area contributed by atoms with Crippen LogP contribution in [0.25, 0.3) is 0 Å². The van der Waals surface area contributed by atoms with Gasteiger partial charge in [-0.2, -0.15) is 0 Å². The van der Waals surface area contributed by atoms with Gasteiger partial charge in [0.05, 0.1) is 11.4 Å². The Bertz CT molecular complexity index is 770. The fourth-order valence-electron chi connectivity index (χ4n) is 2.70. The summed E-state index contributed by atoms with van der Waals surface area (Å²) in [6.07, 6.45) is -0.692. The molecule has 1 aliphatic rings. The van der Waals surface area contributed by atoms with E-state index in [-0.39, 0.29) is 31.2 Å². The maximum atomic E-state index is 13.5. The average Bonchev–Trinajstić information content (AvgIpc) is 2.72. The molecule has 2 aromatic carbocycles. The Hall–Kier alpha value is -2.67. The molecular weight excluding hydrogens is 330 g/mol. The van der Waals surface area contributed by atoms with Gasteiger partial charge in [0.2, 0.25) is 5.91 Å². The first kappa shape index (κ1) is 17.2. The molecule has 1 amide bonds. The van der Waals surface area contributed by atoms with Crippen LogP contribution in [0.15, 0.2) is 42.5 Å². The van der Waals surface area contributed by atoms with E-state index in [1.54, 1.807) is 23.1 Å². The quantitative estimate of drug-likeness (QED) is 0.872. The van der Waals surface area contributed by atoms with Gasteiger partial charge in [-0.05, 0) is 30.3 Å². The zero-order valence-electron chi connectivity index (χ0n) is 13.4. The SMILES string of the molecule is O=C1CCN(CC(O)COc2ccccc2F)c2ccc(F)cc2N1. The summed E-state index contributed by atoms with van der Waals surface area (Å²) in [5, 5.41) is 12.9. The van der Waals surface area contributed by atoms with Crippen LogP contribution in [0.3, 0.4) is 0 Å². The van der Waals surface area contributed by atoms with Crippen molar-refractivity contribution >= 4 is 17.3 Å². The minimum atomic E-state index is -0.911. The number of aliphatic hydroxyl groups is 1. The summed E-state index contributed by atoms with van der Waals surface area (Å²) < 4.78 is 32.3. The van der Waals surface area contributed by atoms with Gasteiger partial charge in [-0.15, -0.1) is 0 Å². The van der Waals surface area contributed by atoms with Gasteiger partial charge in [0.1, 0.15) is 18.5 Å². The van der Waals surface area contributed by atoms with Crippen LogP contribution >= 0.6 is 0 Å². The summed E-state index contributed by atoms with van der Waals surface area (Å²) in [5.74, 6) is -1.10. The number of para-hydroxylation sites is 1. The highest BCUT2D eigenvalue weighted by Crippen LogP contribution is 2.29. The third-order valence-corrected chi connectivity index (χ3v) is 3.88. The van der Waals surface area contributed by atoms with Crippen LogP contribution in [0.4, 0.5) is 20.2 Å². The van der Waals surface area contributed by atoms with Crippen LogP contribution < -0.4 is 15.0 Å². The Morgan fingerprint density at radius 1 is 1.24 bits per heavy atom. The van der Waals surface area contributed by atoms with Crippen molar-refractivity contribution in [2.75, 3.05) is 29.9 Å². The number of carbonyl (C=O) groups is 1. The number of ether oxygens (including phenoxy) is 1. The molecule has 0 saturated carbocycles. The molecule has 0 bridgehead atoms. The molecule has 1 unspecified atom stereocenters. The third kappa shape index (κ3) is 4.24. The Morgan fingerprint density at radius 2 is 2.04 bits per heavy atom. The van der Waals surface area contributed by atoms with E-state index in [1.807, 2.05) is 0 Å². The third-order valence-electron chi connectivity index (χ3n) is 3.88. The van der Waals surface area contributed by atoms with Gasteiger partial charge in [-0.1, -0.05) is 12.1 Å². The molecule has 0 saturated heterocycles. The molecule has 0 radical (unpaired) electrons. The lowest BCUT2D eigenvalue weighted by atomic mass is 10.2. The minimum Gasteiger partial charge on any atom is -0.488 e. The number of nitrogens with one attached hydrogen (secondary N) is 1. The Kier molecular flexibility index (Phi) is 5.14. The summed E-state index contributed by atoms with van der Waals surface area (Å²) in [7, 11) is 0. The van der Waals surface area contributed by atoms with Crippen molar-refractivity contribution in [3.63, 3.8) is 0 Å². The van der Waals surface area contributed by atoms with Crippen LogP contribution in [0.5, 0.6) is 5.75 Å². The first-order valence-electron chi connectivity index (χ1n) is 7.92. The summed E-state index contributed by atoms with van der Waals surface area (Å²) in [4.78, 5) is 13.5. The van der Waals surface area contributed by atoms with Crippen LogP contribution in [-0.2, 0) is 4.79 Å². The normalized spacial score (nSPS) is 15.2. The molecule has 25 heavy (non-hydrogen) atoms. The number of aliphatic hydroxyl groups excluding tert-OH is 1.